The van der Waals surface area contributed by atoms with Crippen LogP contribution in [0, 0.1) is 6.92 Å². The Hall–Kier alpha value is -1.24. The molecule has 1 aliphatic rings. The van der Waals surface area contributed by atoms with Gasteiger partial charge in [-0.1, -0.05) is 33.2 Å². The van der Waals surface area contributed by atoms with Crippen molar-refractivity contribution in [2.75, 3.05) is 6.54 Å². The van der Waals surface area contributed by atoms with Crippen LogP contribution in [0.2, 0.25) is 0 Å². The Balaban J connectivity index is 1.86. The Morgan fingerprint density at radius 1 is 1.47 bits per heavy atom. The highest BCUT2D eigenvalue weighted by molar-refractivity contribution is 9.10. The van der Waals surface area contributed by atoms with Crippen molar-refractivity contribution in [3.8, 4) is 11.4 Å². The molecule has 1 aliphatic heterocycles. The van der Waals surface area contributed by atoms with Crippen LogP contribution in [-0.2, 0) is 0 Å². The number of rotatable bonds is 2. The van der Waals surface area contributed by atoms with Crippen molar-refractivity contribution < 1.29 is 9.63 Å². The van der Waals surface area contributed by atoms with Crippen molar-refractivity contribution in [3.63, 3.8) is 0 Å². The molecule has 2 atom stereocenters. The molecule has 6 heteroatoms. The van der Waals surface area contributed by atoms with E-state index in [-0.39, 0.29) is 12.1 Å². The molecule has 1 saturated heterocycles. The third-order valence-corrected chi connectivity index (χ3v) is 4.13. The molecular formula is C13H14BrN3O2. The SMILES string of the molecule is Cc1ccc(-c2noc([C@H]3C[C@H](O)CN3)n2)cc1Br. The van der Waals surface area contributed by atoms with Gasteiger partial charge in [0.1, 0.15) is 0 Å². The maximum atomic E-state index is 9.49. The molecule has 1 fully saturated rings. The summed E-state index contributed by atoms with van der Waals surface area (Å²) in [7, 11) is 0. The first-order chi connectivity index (χ1) is 9.13. The van der Waals surface area contributed by atoms with Crippen molar-refractivity contribution in [3.05, 3.63) is 34.1 Å². The van der Waals surface area contributed by atoms with Gasteiger partial charge < -0.3 is 14.9 Å². The van der Waals surface area contributed by atoms with E-state index in [1.165, 1.54) is 0 Å². The van der Waals surface area contributed by atoms with E-state index >= 15 is 0 Å². The lowest BCUT2D eigenvalue weighted by Gasteiger charge is -2.02. The molecular weight excluding hydrogens is 310 g/mol. The van der Waals surface area contributed by atoms with Crippen LogP contribution in [-0.4, -0.2) is 27.9 Å². The molecule has 5 nitrogen and oxygen atoms in total. The van der Waals surface area contributed by atoms with E-state index in [1.807, 2.05) is 25.1 Å². The molecule has 0 spiro atoms. The molecule has 0 radical (unpaired) electrons. The smallest absolute Gasteiger partial charge is 0.244 e. The number of hydrogen-bond donors (Lipinski definition) is 2. The highest BCUT2D eigenvalue weighted by Crippen LogP contribution is 2.27. The summed E-state index contributed by atoms with van der Waals surface area (Å²) in [6.07, 6.45) is 0.271. The monoisotopic (exact) mass is 323 g/mol. The molecule has 3 rings (SSSR count). The van der Waals surface area contributed by atoms with Crippen LogP contribution in [0.15, 0.2) is 27.2 Å². The first-order valence-corrected chi connectivity index (χ1v) is 6.94. The van der Waals surface area contributed by atoms with Gasteiger partial charge in [0.05, 0.1) is 12.1 Å². The number of aliphatic hydroxyl groups is 1. The van der Waals surface area contributed by atoms with Crippen LogP contribution in [0.25, 0.3) is 11.4 Å². The molecule has 1 aromatic carbocycles. The number of hydrogen-bond acceptors (Lipinski definition) is 5. The molecule has 0 saturated carbocycles. The maximum Gasteiger partial charge on any atom is 0.244 e. The number of aliphatic hydroxyl groups excluding tert-OH is 1. The van der Waals surface area contributed by atoms with Gasteiger partial charge in [-0.15, -0.1) is 0 Å². The van der Waals surface area contributed by atoms with E-state index in [2.05, 4.69) is 31.4 Å². The van der Waals surface area contributed by atoms with Gasteiger partial charge in [-0.3, -0.25) is 0 Å². The zero-order chi connectivity index (χ0) is 13.4. The Bertz CT molecular complexity index is 599. The van der Waals surface area contributed by atoms with Crippen LogP contribution in [0.5, 0.6) is 0 Å². The van der Waals surface area contributed by atoms with E-state index in [9.17, 15) is 5.11 Å². The predicted molar refractivity (Wildman–Crippen MR) is 73.5 cm³/mol. The van der Waals surface area contributed by atoms with Gasteiger partial charge in [0.2, 0.25) is 11.7 Å². The first kappa shape index (κ1) is 12.8. The highest BCUT2D eigenvalue weighted by atomic mass is 79.9. The Morgan fingerprint density at radius 3 is 3.00 bits per heavy atom. The molecule has 0 bridgehead atoms. The van der Waals surface area contributed by atoms with E-state index in [1.54, 1.807) is 0 Å². The van der Waals surface area contributed by atoms with Crippen molar-refractivity contribution in [2.24, 2.45) is 0 Å². The van der Waals surface area contributed by atoms with Gasteiger partial charge in [-0.05, 0) is 25.0 Å². The van der Waals surface area contributed by atoms with Crippen LogP contribution < -0.4 is 5.32 Å². The number of aromatic nitrogens is 2. The molecule has 2 aromatic rings. The molecule has 1 aromatic heterocycles. The zero-order valence-electron chi connectivity index (χ0n) is 10.4. The van der Waals surface area contributed by atoms with E-state index in [0.717, 1.165) is 15.6 Å². The summed E-state index contributed by atoms with van der Waals surface area (Å²) in [4.78, 5) is 4.40. The van der Waals surface area contributed by atoms with E-state index in [4.69, 9.17) is 4.52 Å². The Kier molecular flexibility index (Phi) is 3.38. The van der Waals surface area contributed by atoms with Crippen LogP contribution in [0.4, 0.5) is 0 Å². The maximum absolute atomic E-state index is 9.49. The minimum absolute atomic E-state index is 0.0508. The van der Waals surface area contributed by atoms with Gasteiger partial charge >= 0.3 is 0 Å². The number of halogens is 1. The zero-order valence-corrected chi connectivity index (χ0v) is 12.0. The molecule has 100 valence electrons. The second-order valence-corrected chi connectivity index (χ2v) is 5.62. The minimum Gasteiger partial charge on any atom is -0.392 e. The van der Waals surface area contributed by atoms with E-state index < -0.39 is 0 Å². The third-order valence-electron chi connectivity index (χ3n) is 3.28. The molecule has 19 heavy (non-hydrogen) atoms. The Morgan fingerprint density at radius 2 is 2.32 bits per heavy atom. The quantitative estimate of drug-likeness (QED) is 0.886. The highest BCUT2D eigenvalue weighted by Gasteiger charge is 2.28. The predicted octanol–water partition coefficient (Wildman–Crippen LogP) is 2.20. The van der Waals surface area contributed by atoms with Crippen molar-refractivity contribution in [2.45, 2.75) is 25.5 Å². The number of nitrogens with one attached hydrogen (secondary N) is 1. The van der Waals surface area contributed by atoms with Gasteiger partial charge in [-0.2, -0.15) is 4.98 Å². The van der Waals surface area contributed by atoms with Crippen LogP contribution in [0.3, 0.4) is 0 Å². The molecule has 2 N–H and O–H groups in total. The lowest BCUT2D eigenvalue weighted by molar-refractivity contribution is 0.191. The second-order valence-electron chi connectivity index (χ2n) is 4.77. The number of β-amino-alcohol motifs (C(OH)–C–C–N with tert-alkyl or cyclic N) is 1. The molecule has 0 unspecified atom stereocenters. The topological polar surface area (TPSA) is 71.2 Å². The van der Waals surface area contributed by atoms with Crippen molar-refractivity contribution in [1.29, 1.82) is 0 Å². The Labute approximate surface area is 119 Å². The summed E-state index contributed by atoms with van der Waals surface area (Å²) in [5, 5.41) is 16.6. The summed E-state index contributed by atoms with van der Waals surface area (Å²) in [5.41, 5.74) is 2.07. The molecule has 2 heterocycles. The fraction of sp³-hybridized carbons (Fsp3) is 0.385. The largest absolute Gasteiger partial charge is 0.392 e. The van der Waals surface area contributed by atoms with Crippen LogP contribution >= 0.6 is 15.9 Å². The third kappa shape index (κ3) is 2.56. The number of benzene rings is 1. The summed E-state index contributed by atoms with van der Waals surface area (Å²) in [6.45, 7) is 2.60. The number of aryl methyl sites for hydroxylation is 1. The number of nitrogens with zero attached hydrogens (tertiary/aromatic N) is 2. The van der Waals surface area contributed by atoms with Crippen LogP contribution in [0.1, 0.15) is 23.9 Å². The average Bonchev–Trinajstić information content (AvgIpc) is 3.01. The van der Waals surface area contributed by atoms with Gasteiger partial charge in [0.15, 0.2) is 0 Å². The van der Waals surface area contributed by atoms with Gasteiger partial charge in [-0.25, -0.2) is 0 Å². The minimum atomic E-state index is -0.339. The summed E-state index contributed by atoms with van der Waals surface area (Å²) in [5.74, 6) is 1.10. The second kappa shape index (κ2) is 5.03. The summed E-state index contributed by atoms with van der Waals surface area (Å²) in [6, 6.07) is 5.89. The lowest BCUT2D eigenvalue weighted by atomic mass is 10.1. The average molecular weight is 324 g/mol. The fourth-order valence-electron chi connectivity index (χ4n) is 2.13. The summed E-state index contributed by atoms with van der Waals surface area (Å²) >= 11 is 3.49. The molecule has 0 amide bonds. The standard InChI is InChI=1S/C13H14BrN3O2/c1-7-2-3-8(4-10(7)14)12-16-13(19-17-12)11-5-9(18)6-15-11/h2-4,9,11,15,18H,5-6H2,1H3/t9-,11+/m0/s1. The lowest BCUT2D eigenvalue weighted by Crippen LogP contribution is -2.15. The molecule has 0 aliphatic carbocycles. The van der Waals surface area contributed by atoms with Crippen molar-refractivity contribution >= 4 is 15.9 Å². The van der Waals surface area contributed by atoms with Gasteiger partial charge in [0, 0.05) is 16.6 Å². The fourth-order valence-corrected chi connectivity index (χ4v) is 2.51. The van der Waals surface area contributed by atoms with Gasteiger partial charge in [0.25, 0.3) is 0 Å². The summed E-state index contributed by atoms with van der Waals surface area (Å²) < 4.78 is 6.29. The first-order valence-electron chi connectivity index (χ1n) is 6.15. The van der Waals surface area contributed by atoms with Crippen molar-refractivity contribution in [1.82, 2.24) is 15.5 Å². The normalized spacial score (nSPS) is 22.9. The van der Waals surface area contributed by atoms with E-state index in [0.29, 0.717) is 24.7 Å².